The van der Waals surface area contributed by atoms with Gasteiger partial charge in [-0.05, 0) is 31.6 Å². The van der Waals surface area contributed by atoms with Crippen LogP contribution in [0.3, 0.4) is 0 Å². The molecule has 0 aromatic rings. The normalized spacial score (nSPS) is 14.2. The van der Waals surface area contributed by atoms with Gasteiger partial charge in [-0.1, -0.05) is 349 Å². The first-order valence-electron chi connectivity index (χ1n) is 39.7. The number of hydrogen-bond donors (Lipinski definition) is 3. The molecule has 3 unspecified atom stereocenters. The van der Waals surface area contributed by atoms with Crippen molar-refractivity contribution in [1.29, 1.82) is 0 Å². The Balaban J connectivity index is 5.24. The van der Waals surface area contributed by atoms with Gasteiger partial charge in [0, 0.05) is 25.7 Å². The summed E-state index contributed by atoms with van der Waals surface area (Å²) in [5.41, 5.74) is 0. The zero-order chi connectivity index (χ0) is 69.8. The first-order chi connectivity index (χ1) is 46.1. The summed E-state index contributed by atoms with van der Waals surface area (Å²) in [6.07, 6.45) is 58.0. The molecule has 0 rings (SSSR count). The number of phosphoric ester groups is 2. The lowest BCUT2D eigenvalue weighted by Crippen LogP contribution is -2.30. The van der Waals surface area contributed by atoms with Crippen molar-refractivity contribution in [3.05, 3.63) is 0 Å². The quantitative estimate of drug-likeness (QED) is 0.0222. The van der Waals surface area contributed by atoms with E-state index in [1.165, 1.54) is 225 Å². The van der Waals surface area contributed by atoms with Gasteiger partial charge in [0.1, 0.15) is 19.3 Å². The minimum atomic E-state index is -4.96. The Labute approximate surface area is 581 Å². The number of esters is 4. The highest BCUT2D eigenvalue weighted by Crippen LogP contribution is 2.45. The van der Waals surface area contributed by atoms with Crippen molar-refractivity contribution in [2.75, 3.05) is 39.6 Å². The van der Waals surface area contributed by atoms with Gasteiger partial charge in [-0.25, -0.2) is 9.13 Å². The van der Waals surface area contributed by atoms with Crippen LogP contribution < -0.4 is 0 Å². The topological polar surface area (TPSA) is 237 Å². The highest BCUT2D eigenvalue weighted by molar-refractivity contribution is 7.47. The van der Waals surface area contributed by atoms with Gasteiger partial charge in [-0.15, -0.1) is 0 Å². The van der Waals surface area contributed by atoms with Crippen LogP contribution in [-0.4, -0.2) is 96.7 Å². The molecule has 0 spiro atoms. The second kappa shape index (κ2) is 69.2. The van der Waals surface area contributed by atoms with E-state index in [2.05, 4.69) is 34.6 Å². The molecule has 0 aliphatic carbocycles. The molecule has 6 atom stereocenters. The van der Waals surface area contributed by atoms with Gasteiger partial charge in [0.25, 0.3) is 0 Å². The smallest absolute Gasteiger partial charge is 0.462 e. The Bertz CT molecular complexity index is 1820. The van der Waals surface area contributed by atoms with Gasteiger partial charge in [0.15, 0.2) is 12.2 Å². The third-order valence-electron chi connectivity index (χ3n) is 18.1. The van der Waals surface area contributed by atoms with Crippen LogP contribution in [0.5, 0.6) is 0 Å². The summed E-state index contributed by atoms with van der Waals surface area (Å²) in [4.78, 5) is 72.8. The summed E-state index contributed by atoms with van der Waals surface area (Å²) in [6.45, 7) is 7.35. The highest BCUT2D eigenvalue weighted by atomic mass is 31.2. The first kappa shape index (κ1) is 93.1. The fraction of sp³-hybridized carbons (Fsp3) is 0.947. The highest BCUT2D eigenvalue weighted by Gasteiger charge is 2.30. The molecule has 3 N–H and O–H groups in total. The number of aliphatic hydroxyl groups excluding tert-OH is 1. The molecule has 0 amide bonds. The maximum atomic E-state index is 13.1. The average Bonchev–Trinajstić information content (AvgIpc) is 2.06. The van der Waals surface area contributed by atoms with Crippen molar-refractivity contribution in [3.63, 3.8) is 0 Å². The van der Waals surface area contributed by atoms with Gasteiger partial charge < -0.3 is 33.8 Å². The molecule has 564 valence electrons. The van der Waals surface area contributed by atoms with Gasteiger partial charge in [-0.2, -0.15) is 0 Å². The molecule has 0 saturated heterocycles. The monoisotopic (exact) mass is 1400 g/mol. The Kier molecular flexibility index (Phi) is 67.7. The van der Waals surface area contributed by atoms with Crippen molar-refractivity contribution < 1.29 is 80.2 Å². The summed E-state index contributed by atoms with van der Waals surface area (Å²) in [6, 6.07) is 0. The van der Waals surface area contributed by atoms with Crippen molar-refractivity contribution in [1.82, 2.24) is 0 Å². The number of carbonyl (C=O) groups is 4. The van der Waals surface area contributed by atoms with Crippen molar-refractivity contribution in [2.24, 2.45) is 5.92 Å². The van der Waals surface area contributed by atoms with Crippen molar-refractivity contribution in [2.45, 2.75) is 419 Å². The number of unbranched alkanes of at least 4 members (excludes halogenated alkanes) is 47. The van der Waals surface area contributed by atoms with Gasteiger partial charge in [0.2, 0.25) is 0 Å². The number of carbonyl (C=O) groups excluding carboxylic acids is 4. The van der Waals surface area contributed by atoms with E-state index in [9.17, 15) is 43.2 Å². The van der Waals surface area contributed by atoms with E-state index in [4.69, 9.17) is 37.0 Å². The molecule has 0 bridgehead atoms. The number of ether oxygens (including phenoxy) is 4. The van der Waals surface area contributed by atoms with Crippen LogP contribution in [0.2, 0.25) is 0 Å². The first-order valence-corrected chi connectivity index (χ1v) is 42.7. The van der Waals surface area contributed by atoms with E-state index in [1.54, 1.807) is 0 Å². The second-order valence-corrected chi connectivity index (χ2v) is 30.5. The fourth-order valence-corrected chi connectivity index (χ4v) is 13.3. The number of rotatable bonds is 76. The van der Waals surface area contributed by atoms with Crippen LogP contribution in [0.1, 0.15) is 401 Å². The molecule has 95 heavy (non-hydrogen) atoms. The van der Waals surface area contributed by atoms with Crippen LogP contribution >= 0.6 is 15.6 Å². The van der Waals surface area contributed by atoms with Gasteiger partial charge in [-0.3, -0.25) is 37.3 Å². The third kappa shape index (κ3) is 69.0. The summed E-state index contributed by atoms with van der Waals surface area (Å²) in [5, 5.41) is 10.6. The molecule has 0 radical (unpaired) electrons. The van der Waals surface area contributed by atoms with Crippen LogP contribution in [0.15, 0.2) is 0 Å². The standard InChI is InChI=1S/C76H148O17P2/c1-6-10-13-16-19-22-25-29-35-40-45-50-55-60-74(79)87-66-72(93-76(81)62-57-52-47-42-37-32-28-27-31-34-38-43-48-53-58-69(5)9-4)68-91-95(84,85)89-64-70(77)63-88-94(82,83)90-67-71(65-86-73(78)59-54-49-44-39-33-24-21-18-15-12-8-3)92-75(80)61-56-51-46-41-36-30-26-23-20-17-14-11-7-2/h69-72,77H,6-68H2,1-5H3,(H,82,83)(H,84,85)/t69?,70-,71+,72+/m0/s1. The predicted octanol–water partition coefficient (Wildman–Crippen LogP) is 22.5. The molecule has 0 aromatic carbocycles. The van der Waals surface area contributed by atoms with E-state index in [-0.39, 0.29) is 25.7 Å². The van der Waals surface area contributed by atoms with Crippen LogP contribution in [-0.2, 0) is 65.4 Å². The lowest BCUT2D eigenvalue weighted by molar-refractivity contribution is -0.161. The number of aliphatic hydroxyl groups is 1. The Morgan fingerprint density at radius 2 is 0.505 bits per heavy atom. The molecular weight excluding hydrogens is 1250 g/mol. The largest absolute Gasteiger partial charge is 0.472 e. The molecule has 0 heterocycles. The summed E-state index contributed by atoms with van der Waals surface area (Å²) >= 11 is 0. The summed E-state index contributed by atoms with van der Waals surface area (Å²) in [5.74, 6) is -1.26. The van der Waals surface area contributed by atoms with E-state index in [1.807, 2.05) is 0 Å². The van der Waals surface area contributed by atoms with Crippen molar-refractivity contribution >= 4 is 39.5 Å². The summed E-state index contributed by atoms with van der Waals surface area (Å²) < 4.78 is 68.5. The Morgan fingerprint density at radius 1 is 0.295 bits per heavy atom. The minimum absolute atomic E-state index is 0.108. The number of phosphoric acid groups is 2. The molecule has 0 aliphatic heterocycles. The van der Waals surface area contributed by atoms with E-state index in [0.717, 1.165) is 95.8 Å². The SMILES string of the molecule is CCCCCCCCCCCCCCCC(=O)OC[C@H](COP(=O)(O)OC[C@@H](O)COP(=O)(O)OC[C@@H](COC(=O)CCCCCCCCCCCCC)OC(=O)CCCCCCCCCCCCCCC)OC(=O)CCCCCCCCCCCCCCCCC(C)CC. The zero-order valence-electron chi connectivity index (χ0n) is 61.8. The Morgan fingerprint density at radius 3 is 0.747 bits per heavy atom. The third-order valence-corrected chi connectivity index (χ3v) is 20.0. The maximum Gasteiger partial charge on any atom is 0.472 e. The van der Waals surface area contributed by atoms with Crippen molar-refractivity contribution in [3.8, 4) is 0 Å². The molecule has 0 aliphatic rings. The minimum Gasteiger partial charge on any atom is -0.462 e. The molecular formula is C76H148O17P2. The molecule has 17 nitrogen and oxygen atoms in total. The molecule has 0 aromatic heterocycles. The predicted molar refractivity (Wildman–Crippen MR) is 386 cm³/mol. The average molecular weight is 1400 g/mol. The lowest BCUT2D eigenvalue weighted by atomic mass is 9.99. The fourth-order valence-electron chi connectivity index (χ4n) is 11.7. The Hall–Kier alpha value is -1.94. The van der Waals surface area contributed by atoms with Gasteiger partial charge in [0.05, 0.1) is 26.4 Å². The van der Waals surface area contributed by atoms with E-state index >= 15 is 0 Å². The molecule has 19 heteroatoms. The van der Waals surface area contributed by atoms with E-state index < -0.39 is 97.5 Å². The zero-order valence-corrected chi connectivity index (χ0v) is 63.6. The molecule has 0 fully saturated rings. The van der Waals surface area contributed by atoms with Crippen LogP contribution in [0, 0.1) is 5.92 Å². The van der Waals surface area contributed by atoms with E-state index in [0.29, 0.717) is 25.7 Å². The summed E-state index contributed by atoms with van der Waals surface area (Å²) in [7, 11) is -9.91. The maximum absolute atomic E-state index is 13.1. The number of hydrogen-bond acceptors (Lipinski definition) is 15. The second-order valence-electron chi connectivity index (χ2n) is 27.6. The van der Waals surface area contributed by atoms with Crippen LogP contribution in [0.25, 0.3) is 0 Å². The lowest BCUT2D eigenvalue weighted by Gasteiger charge is -2.21. The van der Waals surface area contributed by atoms with Crippen LogP contribution in [0.4, 0.5) is 0 Å². The van der Waals surface area contributed by atoms with Gasteiger partial charge >= 0.3 is 39.5 Å². The molecule has 0 saturated carbocycles.